The molecule has 1 N–H and O–H groups in total. The lowest BCUT2D eigenvalue weighted by Crippen LogP contribution is -2.28. The molecule has 2 aliphatic rings. The van der Waals surface area contributed by atoms with Crippen LogP contribution in [0.25, 0.3) is 32.7 Å². The zero-order chi connectivity index (χ0) is 28.5. The van der Waals surface area contributed by atoms with Crippen LogP contribution < -0.4 is 26.1 Å². The Kier molecular flexibility index (Phi) is 5.24. The third-order valence-corrected chi connectivity index (χ3v) is 12.1. The number of para-hydroxylation sites is 2. The van der Waals surface area contributed by atoms with Crippen LogP contribution in [0.1, 0.15) is 11.7 Å². The van der Waals surface area contributed by atoms with E-state index in [0.717, 1.165) is 32.4 Å². The number of anilines is 3. The maximum atomic E-state index is 15.2. The van der Waals surface area contributed by atoms with Crippen molar-refractivity contribution in [1.29, 1.82) is 0 Å². The first-order valence-electron chi connectivity index (χ1n) is 14.7. The minimum Gasteiger partial charge on any atom is -0.359 e. The maximum Gasteiger partial charge on any atom is 0.171 e. The van der Waals surface area contributed by atoms with E-state index in [1.807, 2.05) is 60.7 Å². The Bertz CT molecular complexity index is 2220. The van der Waals surface area contributed by atoms with Gasteiger partial charge in [0.1, 0.15) is 6.17 Å². The molecule has 0 spiro atoms. The van der Waals surface area contributed by atoms with Crippen LogP contribution in [0, 0.1) is 0 Å². The summed E-state index contributed by atoms with van der Waals surface area (Å²) in [4.78, 5) is 2.45. The van der Waals surface area contributed by atoms with Crippen molar-refractivity contribution in [2.45, 2.75) is 6.17 Å². The van der Waals surface area contributed by atoms with E-state index < -0.39 is 7.14 Å². The summed E-state index contributed by atoms with van der Waals surface area (Å²) < 4.78 is 15.2. The Balaban J connectivity index is 1.31. The van der Waals surface area contributed by atoms with E-state index in [0.29, 0.717) is 0 Å². The molecule has 0 saturated carbocycles. The Morgan fingerprint density at radius 2 is 1.19 bits per heavy atom. The summed E-state index contributed by atoms with van der Waals surface area (Å²) in [6.07, 6.45) is -0.000832. The second-order valence-corrected chi connectivity index (χ2v) is 14.1. The van der Waals surface area contributed by atoms with E-state index in [1.54, 1.807) is 0 Å². The molecule has 9 rings (SSSR count). The summed E-state index contributed by atoms with van der Waals surface area (Å²) in [5.74, 6) is 0. The van der Waals surface area contributed by atoms with Crippen LogP contribution in [-0.4, -0.2) is 0 Å². The van der Waals surface area contributed by atoms with Crippen molar-refractivity contribution < 1.29 is 4.57 Å². The molecule has 2 heterocycles. The number of rotatable bonds is 3. The fraction of sp³-hybridized carbons (Fsp3) is 0.0256. The monoisotopic (exact) mass is 570 g/mol. The second kappa shape index (κ2) is 9.19. The Labute approximate surface area is 250 Å². The molecule has 0 bridgehead atoms. The van der Waals surface area contributed by atoms with Gasteiger partial charge in [0.2, 0.25) is 0 Å². The largest absolute Gasteiger partial charge is 0.359 e. The molecule has 1 atom stereocenters. The molecule has 0 amide bonds. The van der Waals surface area contributed by atoms with E-state index in [4.69, 9.17) is 0 Å². The third-order valence-electron chi connectivity index (χ3n) is 9.05. The predicted octanol–water partition coefficient (Wildman–Crippen LogP) is 8.88. The first-order valence-corrected chi connectivity index (χ1v) is 16.4. The van der Waals surface area contributed by atoms with Crippen molar-refractivity contribution in [3.8, 4) is 11.1 Å². The average Bonchev–Trinajstić information content (AvgIpc) is 3.47. The molecule has 3 nitrogen and oxygen atoms in total. The van der Waals surface area contributed by atoms with Gasteiger partial charge in [-0.05, 0) is 57.4 Å². The zero-order valence-corrected chi connectivity index (χ0v) is 24.2. The topological polar surface area (TPSA) is 32.3 Å². The standard InChI is InChI=1S/C39H27N2OP/c42-43(29-12-3-1-4-13-29,30-14-5-2-6-15-30)31-21-19-27-25-37-34(24-28(27)23-31)33-22-20-26-11-7-8-16-32(26)38(33)39-40-35-17-9-10-18-36(35)41(37)39/h1-25,39-40H. The van der Waals surface area contributed by atoms with Crippen molar-refractivity contribution in [3.05, 3.63) is 157 Å². The van der Waals surface area contributed by atoms with Crippen LogP contribution in [-0.2, 0) is 4.57 Å². The van der Waals surface area contributed by atoms with Gasteiger partial charge in [-0.1, -0.05) is 121 Å². The SMILES string of the molecule is O=P(c1ccccc1)(c1ccccc1)c1ccc2cc3c(cc2c1)-c1ccc2ccccc2c1C1Nc2ccccc2N31. The van der Waals surface area contributed by atoms with Gasteiger partial charge in [0.05, 0.1) is 17.1 Å². The quantitative estimate of drug-likeness (QED) is 0.215. The molecule has 0 saturated heterocycles. The number of hydrogen-bond acceptors (Lipinski definition) is 3. The van der Waals surface area contributed by atoms with Crippen LogP contribution in [0.4, 0.5) is 17.1 Å². The van der Waals surface area contributed by atoms with Gasteiger partial charge in [-0.25, -0.2) is 0 Å². The van der Waals surface area contributed by atoms with E-state index in [-0.39, 0.29) is 6.17 Å². The van der Waals surface area contributed by atoms with Crippen LogP contribution >= 0.6 is 7.14 Å². The Morgan fingerprint density at radius 1 is 0.512 bits per heavy atom. The highest BCUT2D eigenvalue weighted by atomic mass is 31.2. The van der Waals surface area contributed by atoms with Gasteiger partial charge in [0.15, 0.2) is 7.14 Å². The molecule has 0 aromatic heterocycles. The fourth-order valence-corrected chi connectivity index (χ4v) is 9.74. The zero-order valence-electron chi connectivity index (χ0n) is 23.3. The molecule has 204 valence electrons. The van der Waals surface area contributed by atoms with Crippen LogP contribution in [0.15, 0.2) is 152 Å². The molecule has 0 aliphatic carbocycles. The highest BCUT2D eigenvalue weighted by Gasteiger charge is 2.39. The summed E-state index contributed by atoms with van der Waals surface area (Å²) in [6, 6.07) is 52.5. The molecule has 43 heavy (non-hydrogen) atoms. The lowest BCUT2D eigenvalue weighted by Gasteiger charge is -2.36. The molecule has 0 radical (unpaired) electrons. The highest BCUT2D eigenvalue weighted by molar-refractivity contribution is 7.85. The molecule has 0 fully saturated rings. The molecular weight excluding hydrogens is 543 g/mol. The van der Waals surface area contributed by atoms with E-state index in [9.17, 15) is 0 Å². The number of nitrogens with one attached hydrogen (secondary N) is 1. The first kappa shape index (κ1) is 24.5. The summed E-state index contributed by atoms with van der Waals surface area (Å²) in [5, 5.41) is 11.1. The van der Waals surface area contributed by atoms with Crippen LogP contribution in [0.2, 0.25) is 0 Å². The predicted molar refractivity (Wildman–Crippen MR) is 181 cm³/mol. The van der Waals surface area contributed by atoms with Gasteiger partial charge < -0.3 is 14.8 Å². The summed E-state index contributed by atoms with van der Waals surface area (Å²) in [7, 11) is -3.09. The van der Waals surface area contributed by atoms with Crippen molar-refractivity contribution in [2.24, 2.45) is 0 Å². The van der Waals surface area contributed by atoms with Crippen molar-refractivity contribution in [3.63, 3.8) is 0 Å². The number of fused-ring (bicyclic) bond motifs is 11. The Hall–Kier alpha value is -5.11. The lowest BCUT2D eigenvalue weighted by atomic mass is 9.86. The van der Waals surface area contributed by atoms with Gasteiger partial charge in [-0.2, -0.15) is 0 Å². The highest BCUT2D eigenvalue weighted by Crippen LogP contribution is 2.56. The van der Waals surface area contributed by atoms with Crippen molar-refractivity contribution in [1.82, 2.24) is 0 Å². The van der Waals surface area contributed by atoms with Crippen LogP contribution in [0.5, 0.6) is 0 Å². The van der Waals surface area contributed by atoms with Crippen molar-refractivity contribution >= 4 is 61.7 Å². The molecular formula is C39H27N2OP. The third kappa shape index (κ3) is 3.52. The molecule has 4 heteroatoms. The second-order valence-electron chi connectivity index (χ2n) is 11.4. The number of hydrogen-bond donors (Lipinski definition) is 1. The van der Waals surface area contributed by atoms with Gasteiger partial charge in [0, 0.05) is 27.0 Å². The number of benzene rings is 7. The van der Waals surface area contributed by atoms with Gasteiger partial charge in [-0.3, -0.25) is 0 Å². The smallest absolute Gasteiger partial charge is 0.171 e. The minimum atomic E-state index is -3.09. The average molecular weight is 571 g/mol. The Morgan fingerprint density at radius 3 is 1.98 bits per heavy atom. The minimum absolute atomic E-state index is 0.000832. The summed E-state index contributed by atoms with van der Waals surface area (Å²) in [5.41, 5.74) is 7.21. The van der Waals surface area contributed by atoms with Gasteiger partial charge in [-0.15, -0.1) is 0 Å². The van der Waals surface area contributed by atoms with E-state index >= 15 is 4.57 Å². The van der Waals surface area contributed by atoms with Gasteiger partial charge in [0.25, 0.3) is 0 Å². The maximum absolute atomic E-state index is 15.2. The van der Waals surface area contributed by atoms with E-state index in [2.05, 4.69) is 101 Å². The summed E-state index contributed by atoms with van der Waals surface area (Å²) >= 11 is 0. The van der Waals surface area contributed by atoms with E-state index in [1.165, 1.54) is 38.8 Å². The van der Waals surface area contributed by atoms with Gasteiger partial charge >= 0.3 is 0 Å². The molecule has 2 aliphatic heterocycles. The summed E-state index contributed by atoms with van der Waals surface area (Å²) in [6.45, 7) is 0. The number of nitrogens with zero attached hydrogens (tertiary/aromatic N) is 1. The molecule has 7 aromatic carbocycles. The van der Waals surface area contributed by atoms with Crippen molar-refractivity contribution in [2.75, 3.05) is 10.2 Å². The van der Waals surface area contributed by atoms with Crippen LogP contribution in [0.3, 0.4) is 0 Å². The molecule has 1 unspecified atom stereocenters. The normalized spacial score (nSPS) is 15.0. The lowest BCUT2D eigenvalue weighted by molar-refractivity contribution is 0.592. The first-order chi connectivity index (χ1) is 21.2. The fourth-order valence-electron chi connectivity index (χ4n) is 7.06. The molecule has 7 aromatic rings.